The molecule has 18 heavy (non-hydrogen) atoms. The van der Waals surface area contributed by atoms with Crippen LogP contribution in [0.2, 0.25) is 0 Å². The number of likely N-dealkylation sites (tertiary alicyclic amines) is 1. The Hall–Kier alpha value is -0.530. The molecule has 1 saturated carbocycles. The van der Waals surface area contributed by atoms with Crippen molar-refractivity contribution in [2.24, 2.45) is 10.8 Å². The maximum absolute atomic E-state index is 12.9. The lowest BCUT2D eigenvalue weighted by molar-refractivity contribution is -0.145. The summed E-state index contributed by atoms with van der Waals surface area (Å²) in [5, 5.41) is 0. The number of amides is 1. The minimum atomic E-state index is -0.0269. The van der Waals surface area contributed by atoms with E-state index in [0.29, 0.717) is 5.91 Å². The Balaban J connectivity index is 2.15. The second-order valence-corrected chi connectivity index (χ2v) is 7.58. The normalized spacial score (nSPS) is 24.3. The zero-order valence-electron chi connectivity index (χ0n) is 12.4. The van der Waals surface area contributed by atoms with Crippen LogP contribution < -0.4 is 0 Å². The Morgan fingerprint density at radius 1 is 1.00 bits per heavy atom. The molecule has 1 aliphatic carbocycles. The molecule has 0 unspecified atom stereocenters. The number of carbonyl (C=O) groups excluding carboxylic acids is 1. The Labute approximate surface area is 112 Å². The van der Waals surface area contributed by atoms with Crippen molar-refractivity contribution in [3.05, 3.63) is 0 Å². The van der Waals surface area contributed by atoms with Gasteiger partial charge in [-0.25, -0.2) is 0 Å². The van der Waals surface area contributed by atoms with Gasteiger partial charge in [-0.05, 0) is 37.5 Å². The third kappa shape index (κ3) is 3.07. The maximum Gasteiger partial charge on any atom is 0.228 e. The monoisotopic (exact) mass is 251 g/mol. The third-order valence-electron chi connectivity index (χ3n) is 4.53. The van der Waals surface area contributed by atoms with E-state index in [-0.39, 0.29) is 10.8 Å². The van der Waals surface area contributed by atoms with Gasteiger partial charge in [0.1, 0.15) is 0 Å². The van der Waals surface area contributed by atoms with E-state index in [2.05, 4.69) is 25.7 Å². The molecule has 0 spiro atoms. The van der Waals surface area contributed by atoms with E-state index in [1.54, 1.807) is 0 Å². The first-order valence-electron chi connectivity index (χ1n) is 7.72. The van der Waals surface area contributed by atoms with Gasteiger partial charge in [0.25, 0.3) is 0 Å². The van der Waals surface area contributed by atoms with E-state index in [0.717, 1.165) is 32.4 Å². The molecule has 2 nitrogen and oxygen atoms in total. The predicted octanol–water partition coefficient (Wildman–Crippen LogP) is 4.00. The summed E-state index contributed by atoms with van der Waals surface area (Å²) >= 11 is 0. The van der Waals surface area contributed by atoms with Gasteiger partial charge >= 0.3 is 0 Å². The number of hydrogen-bond acceptors (Lipinski definition) is 1. The maximum atomic E-state index is 12.9. The van der Waals surface area contributed by atoms with Gasteiger partial charge in [-0.2, -0.15) is 0 Å². The Morgan fingerprint density at radius 3 is 2.06 bits per heavy atom. The molecule has 0 N–H and O–H groups in total. The summed E-state index contributed by atoms with van der Waals surface area (Å²) in [5.74, 6) is 0.481. The smallest absolute Gasteiger partial charge is 0.228 e. The minimum Gasteiger partial charge on any atom is -0.342 e. The van der Waals surface area contributed by atoms with Crippen LogP contribution in [-0.2, 0) is 4.79 Å². The van der Waals surface area contributed by atoms with Crippen LogP contribution in [0.1, 0.15) is 72.1 Å². The van der Waals surface area contributed by atoms with Crippen LogP contribution in [-0.4, -0.2) is 23.9 Å². The van der Waals surface area contributed by atoms with Crippen molar-refractivity contribution >= 4 is 5.91 Å². The summed E-state index contributed by atoms with van der Waals surface area (Å²) in [6.07, 6.45) is 9.54. The molecule has 2 aliphatic rings. The summed E-state index contributed by atoms with van der Waals surface area (Å²) in [5.41, 5.74) is 0.230. The highest BCUT2D eigenvalue weighted by Gasteiger charge is 2.44. The fourth-order valence-corrected chi connectivity index (χ4v) is 3.97. The fourth-order valence-electron chi connectivity index (χ4n) is 3.97. The average molecular weight is 251 g/mol. The van der Waals surface area contributed by atoms with E-state index in [1.807, 2.05) is 0 Å². The quantitative estimate of drug-likeness (QED) is 0.726. The second kappa shape index (κ2) is 5.22. The molecule has 104 valence electrons. The standard InChI is InChI=1S/C16H29NO/c1-15(2,3)13-16(9-5-4-6-10-16)14(18)17-11-7-8-12-17/h4-13H2,1-3H3. The summed E-state index contributed by atoms with van der Waals surface area (Å²) < 4.78 is 0. The van der Waals surface area contributed by atoms with Gasteiger partial charge in [-0.3, -0.25) is 4.79 Å². The predicted molar refractivity (Wildman–Crippen MR) is 75.4 cm³/mol. The lowest BCUT2D eigenvalue weighted by atomic mass is 9.65. The summed E-state index contributed by atoms with van der Waals surface area (Å²) in [6.45, 7) is 8.84. The highest BCUT2D eigenvalue weighted by molar-refractivity contribution is 5.83. The summed E-state index contributed by atoms with van der Waals surface area (Å²) in [6, 6.07) is 0. The molecule has 2 fully saturated rings. The van der Waals surface area contributed by atoms with Gasteiger partial charge in [-0.15, -0.1) is 0 Å². The van der Waals surface area contributed by atoms with E-state index in [9.17, 15) is 4.79 Å². The SMILES string of the molecule is CC(C)(C)CC1(C(=O)N2CCCC2)CCCCC1. The van der Waals surface area contributed by atoms with Crippen molar-refractivity contribution in [2.75, 3.05) is 13.1 Å². The zero-order chi connectivity index (χ0) is 13.2. The molecule has 0 aromatic carbocycles. The van der Waals surface area contributed by atoms with Crippen molar-refractivity contribution < 1.29 is 4.79 Å². The van der Waals surface area contributed by atoms with Gasteiger partial charge in [0, 0.05) is 18.5 Å². The fraction of sp³-hybridized carbons (Fsp3) is 0.938. The van der Waals surface area contributed by atoms with Crippen molar-refractivity contribution in [3.63, 3.8) is 0 Å². The van der Waals surface area contributed by atoms with E-state index in [4.69, 9.17) is 0 Å². The van der Waals surface area contributed by atoms with Crippen molar-refractivity contribution in [1.82, 2.24) is 4.90 Å². The molecule has 0 bridgehead atoms. The summed E-state index contributed by atoms with van der Waals surface area (Å²) in [7, 11) is 0. The molecule has 0 aromatic heterocycles. The third-order valence-corrected chi connectivity index (χ3v) is 4.53. The lowest BCUT2D eigenvalue weighted by Crippen LogP contribution is -2.45. The van der Waals surface area contributed by atoms with Gasteiger partial charge in [-0.1, -0.05) is 40.0 Å². The Morgan fingerprint density at radius 2 is 1.56 bits per heavy atom. The van der Waals surface area contributed by atoms with Crippen molar-refractivity contribution in [3.8, 4) is 0 Å². The molecule has 1 heterocycles. The molecule has 0 aromatic rings. The van der Waals surface area contributed by atoms with Crippen molar-refractivity contribution in [1.29, 1.82) is 0 Å². The minimum absolute atomic E-state index is 0.0269. The first-order valence-corrected chi connectivity index (χ1v) is 7.72. The van der Waals surface area contributed by atoms with Gasteiger partial charge in [0.05, 0.1) is 0 Å². The topological polar surface area (TPSA) is 20.3 Å². The lowest BCUT2D eigenvalue weighted by Gasteiger charge is -2.42. The van der Waals surface area contributed by atoms with Crippen LogP contribution in [0.15, 0.2) is 0 Å². The van der Waals surface area contributed by atoms with E-state index >= 15 is 0 Å². The van der Waals surface area contributed by atoms with Crippen molar-refractivity contribution in [2.45, 2.75) is 72.1 Å². The van der Waals surface area contributed by atoms with Crippen LogP contribution in [0.25, 0.3) is 0 Å². The van der Waals surface area contributed by atoms with Gasteiger partial charge in [0.2, 0.25) is 5.91 Å². The summed E-state index contributed by atoms with van der Waals surface area (Å²) in [4.78, 5) is 15.1. The number of carbonyl (C=O) groups is 1. The molecule has 0 atom stereocenters. The van der Waals surface area contributed by atoms with Gasteiger partial charge < -0.3 is 4.90 Å². The zero-order valence-corrected chi connectivity index (χ0v) is 12.4. The van der Waals surface area contributed by atoms with E-state index < -0.39 is 0 Å². The highest BCUT2D eigenvalue weighted by Crippen LogP contribution is 2.46. The van der Waals surface area contributed by atoms with Gasteiger partial charge in [0.15, 0.2) is 0 Å². The molecule has 2 heteroatoms. The number of hydrogen-bond donors (Lipinski definition) is 0. The van der Waals surface area contributed by atoms with Crippen LogP contribution in [0.5, 0.6) is 0 Å². The second-order valence-electron chi connectivity index (χ2n) is 7.58. The molecule has 2 rings (SSSR count). The first-order chi connectivity index (χ1) is 8.43. The van der Waals surface area contributed by atoms with Crippen LogP contribution in [0, 0.1) is 10.8 Å². The molecule has 1 aliphatic heterocycles. The number of rotatable bonds is 2. The number of nitrogens with zero attached hydrogens (tertiary/aromatic N) is 1. The highest BCUT2D eigenvalue weighted by atomic mass is 16.2. The van der Waals surface area contributed by atoms with E-state index in [1.165, 1.54) is 32.1 Å². The van der Waals surface area contributed by atoms with Crippen LogP contribution in [0.3, 0.4) is 0 Å². The Kier molecular flexibility index (Phi) is 4.03. The van der Waals surface area contributed by atoms with Crippen LogP contribution in [0.4, 0.5) is 0 Å². The molecular weight excluding hydrogens is 222 g/mol. The Bertz CT molecular complexity index is 291. The largest absolute Gasteiger partial charge is 0.342 e. The molecule has 0 radical (unpaired) electrons. The van der Waals surface area contributed by atoms with Crippen LogP contribution >= 0.6 is 0 Å². The average Bonchev–Trinajstić information content (AvgIpc) is 2.80. The first kappa shape index (κ1) is 13.9. The molecule has 1 saturated heterocycles. The molecule has 1 amide bonds. The molecular formula is C16H29NO.